The number of benzene rings is 2. The molecular weight excluding hydrogens is 259 g/mol. The minimum absolute atomic E-state index is 0.218. The molecule has 0 amide bonds. The van der Waals surface area contributed by atoms with Crippen LogP contribution < -0.4 is 10.6 Å². The second-order valence-electron chi connectivity index (χ2n) is 4.37. The Labute approximate surface area is 117 Å². The maximum atomic E-state index is 13.6. The van der Waals surface area contributed by atoms with Crippen molar-refractivity contribution in [3.05, 3.63) is 65.5 Å². The van der Waals surface area contributed by atoms with Gasteiger partial charge in [0.15, 0.2) is 0 Å². The molecule has 0 bridgehead atoms. The molecule has 0 unspecified atom stereocenters. The molecule has 0 heterocycles. The van der Waals surface area contributed by atoms with Crippen molar-refractivity contribution in [2.75, 3.05) is 11.9 Å². The van der Waals surface area contributed by atoms with Gasteiger partial charge in [0.2, 0.25) is 0 Å². The highest BCUT2D eigenvalue weighted by Crippen LogP contribution is 2.19. The number of anilines is 1. The van der Waals surface area contributed by atoms with Crippen LogP contribution >= 0.6 is 12.2 Å². The molecule has 0 fully saturated rings. The van der Waals surface area contributed by atoms with Crippen LogP contribution in [0.5, 0.6) is 0 Å². The van der Waals surface area contributed by atoms with Gasteiger partial charge in [-0.25, -0.2) is 4.39 Å². The Kier molecular flexibility index (Phi) is 4.12. The fourth-order valence-electron chi connectivity index (χ4n) is 1.89. The number of nitrogens with two attached hydrogens (primary N) is 1. The van der Waals surface area contributed by atoms with E-state index in [-0.39, 0.29) is 5.82 Å². The summed E-state index contributed by atoms with van der Waals surface area (Å²) in [5.74, 6) is -0.218. The molecule has 2 N–H and O–H groups in total. The van der Waals surface area contributed by atoms with Crippen molar-refractivity contribution >= 4 is 22.9 Å². The van der Waals surface area contributed by atoms with Gasteiger partial charge in [0.1, 0.15) is 10.8 Å². The molecule has 19 heavy (non-hydrogen) atoms. The number of halogens is 1. The van der Waals surface area contributed by atoms with E-state index in [1.807, 2.05) is 42.3 Å². The first-order valence-electron chi connectivity index (χ1n) is 5.92. The summed E-state index contributed by atoms with van der Waals surface area (Å²) in [6.45, 7) is 0.624. The standard InChI is InChI=1S/C15H15FN2S/c1-18(14-5-3-2-4-13(14)16)10-11-6-8-12(9-7-11)15(17)19/h2-9H,10H2,1H3,(H2,17,19). The molecule has 98 valence electrons. The number of hydrogen-bond donors (Lipinski definition) is 1. The Bertz CT molecular complexity index is 581. The first kappa shape index (κ1) is 13.5. The minimum atomic E-state index is -0.218. The van der Waals surface area contributed by atoms with Gasteiger partial charge >= 0.3 is 0 Å². The summed E-state index contributed by atoms with van der Waals surface area (Å²) in [5, 5.41) is 0. The smallest absolute Gasteiger partial charge is 0.146 e. The number of para-hydroxylation sites is 1. The van der Waals surface area contributed by atoms with E-state index in [0.717, 1.165) is 11.1 Å². The Morgan fingerprint density at radius 1 is 1.16 bits per heavy atom. The zero-order chi connectivity index (χ0) is 13.8. The molecule has 0 aliphatic carbocycles. The van der Waals surface area contributed by atoms with Crippen molar-refractivity contribution in [1.29, 1.82) is 0 Å². The van der Waals surface area contributed by atoms with Gasteiger partial charge in [-0.1, -0.05) is 48.6 Å². The Balaban J connectivity index is 2.13. The lowest BCUT2D eigenvalue weighted by atomic mass is 10.1. The topological polar surface area (TPSA) is 29.3 Å². The van der Waals surface area contributed by atoms with Crippen molar-refractivity contribution in [3.63, 3.8) is 0 Å². The number of hydrogen-bond acceptors (Lipinski definition) is 2. The van der Waals surface area contributed by atoms with E-state index < -0.39 is 0 Å². The van der Waals surface area contributed by atoms with Crippen LogP contribution in [0.4, 0.5) is 10.1 Å². The Hall–Kier alpha value is -1.94. The van der Waals surface area contributed by atoms with Crippen LogP contribution in [0.2, 0.25) is 0 Å². The highest BCUT2D eigenvalue weighted by molar-refractivity contribution is 7.80. The van der Waals surface area contributed by atoms with Gasteiger partial charge in [-0.05, 0) is 17.7 Å². The lowest BCUT2D eigenvalue weighted by Crippen LogP contribution is -2.17. The van der Waals surface area contributed by atoms with Crippen LogP contribution in [0.1, 0.15) is 11.1 Å². The van der Waals surface area contributed by atoms with Crippen LogP contribution in [0.3, 0.4) is 0 Å². The van der Waals surface area contributed by atoms with E-state index in [1.54, 1.807) is 12.1 Å². The quantitative estimate of drug-likeness (QED) is 0.869. The van der Waals surface area contributed by atoms with E-state index in [1.165, 1.54) is 6.07 Å². The third-order valence-electron chi connectivity index (χ3n) is 2.92. The summed E-state index contributed by atoms with van der Waals surface area (Å²) in [7, 11) is 1.86. The van der Waals surface area contributed by atoms with E-state index >= 15 is 0 Å². The number of rotatable bonds is 4. The predicted octanol–water partition coefficient (Wildman–Crippen LogP) is 3.10. The molecule has 2 rings (SSSR count). The molecule has 0 aromatic heterocycles. The molecule has 0 atom stereocenters. The number of thiocarbonyl (C=S) groups is 1. The van der Waals surface area contributed by atoms with Crippen molar-refractivity contribution < 1.29 is 4.39 Å². The summed E-state index contributed by atoms with van der Waals surface area (Å²) < 4.78 is 13.6. The summed E-state index contributed by atoms with van der Waals surface area (Å²) >= 11 is 4.90. The van der Waals surface area contributed by atoms with Crippen molar-refractivity contribution in [2.24, 2.45) is 5.73 Å². The van der Waals surface area contributed by atoms with Gasteiger partial charge in [0, 0.05) is 19.2 Å². The van der Waals surface area contributed by atoms with Crippen molar-refractivity contribution in [3.8, 4) is 0 Å². The van der Waals surface area contributed by atoms with E-state index in [9.17, 15) is 4.39 Å². The zero-order valence-electron chi connectivity index (χ0n) is 10.6. The van der Waals surface area contributed by atoms with E-state index in [2.05, 4.69) is 0 Å². The molecule has 0 saturated heterocycles. The van der Waals surface area contributed by atoms with Crippen LogP contribution in [0.25, 0.3) is 0 Å². The molecule has 0 spiro atoms. The van der Waals surface area contributed by atoms with Crippen molar-refractivity contribution in [1.82, 2.24) is 0 Å². The monoisotopic (exact) mass is 274 g/mol. The van der Waals surface area contributed by atoms with Gasteiger partial charge in [-0.2, -0.15) is 0 Å². The fourth-order valence-corrected chi connectivity index (χ4v) is 2.03. The normalized spacial score (nSPS) is 10.2. The third-order valence-corrected chi connectivity index (χ3v) is 3.16. The summed E-state index contributed by atoms with van der Waals surface area (Å²) in [6.07, 6.45) is 0. The second kappa shape index (κ2) is 5.80. The molecule has 0 aliphatic rings. The summed E-state index contributed by atoms with van der Waals surface area (Å²) in [5.41, 5.74) is 8.05. The molecule has 0 saturated carbocycles. The van der Waals surface area contributed by atoms with Crippen molar-refractivity contribution in [2.45, 2.75) is 6.54 Å². The first-order valence-corrected chi connectivity index (χ1v) is 6.33. The average molecular weight is 274 g/mol. The molecule has 0 aliphatic heterocycles. The van der Waals surface area contributed by atoms with Crippen LogP contribution in [0.15, 0.2) is 48.5 Å². The summed E-state index contributed by atoms with van der Waals surface area (Å²) in [6, 6.07) is 14.4. The van der Waals surface area contributed by atoms with Gasteiger partial charge in [-0.15, -0.1) is 0 Å². The second-order valence-corrected chi connectivity index (χ2v) is 4.81. The van der Waals surface area contributed by atoms with Crippen LogP contribution in [-0.4, -0.2) is 12.0 Å². The van der Waals surface area contributed by atoms with E-state index in [4.69, 9.17) is 18.0 Å². The molecule has 4 heteroatoms. The Morgan fingerprint density at radius 3 is 2.37 bits per heavy atom. The zero-order valence-corrected chi connectivity index (χ0v) is 11.5. The average Bonchev–Trinajstić information content (AvgIpc) is 2.39. The SMILES string of the molecule is CN(Cc1ccc(C(N)=S)cc1)c1ccccc1F. The lowest BCUT2D eigenvalue weighted by Gasteiger charge is -2.20. The molecule has 2 aromatic rings. The van der Waals surface area contributed by atoms with Crippen LogP contribution in [-0.2, 0) is 6.54 Å². The van der Waals surface area contributed by atoms with Gasteiger partial charge in [0.05, 0.1) is 5.69 Å². The fraction of sp³-hybridized carbons (Fsp3) is 0.133. The Morgan fingerprint density at radius 2 is 1.79 bits per heavy atom. The maximum absolute atomic E-state index is 13.6. The maximum Gasteiger partial charge on any atom is 0.146 e. The molecule has 2 aromatic carbocycles. The molecule has 0 radical (unpaired) electrons. The minimum Gasteiger partial charge on any atom is -0.389 e. The molecular formula is C15H15FN2S. The largest absolute Gasteiger partial charge is 0.389 e. The molecule has 2 nitrogen and oxygen atoms in total. The van der Waals surface area contributed by atoms with E-state index in [0.29, 0.717) is 17.2 Å². The highest BCUT2D eigenvalue weighted by atomic mass is 32.1. The van der Waals surface area contributed by atoms with Crippen LogP contribution in [0, 0.1) is 5.82 Å². The number of nitrogens with zero attached hydrogens (tertiary/aromatic N) is 1. The van der Waals surface area contributed by atoms with Gasteiger partial charge in [-0.3, -0.25) is 0 Å². The van der Waals surface area contributed by atoms with Gasteiger partial charge in [0.25, 0.3) is 0 Å². The lowest BCUT2D eigenvalue weighted by molar-refractivity contribution is 0.622. The predicted molar refractivity (Wildman–Crippen MR) is 80.8 cm³/mol. The highest BCUT2D eigenvalue weighted by Gasteiger charge is 2.07. The first-order chi connectivity index (χ1) is 9.08. The third kappa shape index (κ3) is 3.29. The van der Waals surface area contributed by atoms with Gasteiger partial charge < -0.3 is 10.6 Å². The summed E-state index contributed by atoms with van der Waals surface area (Å²) in [4.78, 5) is 2.25.